The number of rotatable bonds is 3. The van der Waals surface area contributed by atoms with Crippen molar-refractivity contribution in [2.75, 3.05) is 7.11 Å². The molecule has 0 unspecified atom stereocenters. The molecule has 2 aromatic carbocycles. The fraction of sp³-hybridized carbons (Fsp3) is 0.0667. The van der Waals surface area contributed by atoms with Crippen molar-refractivity contribution in [1.29, 1.82) is 0 Å². The van der Waals surface area contributed by atoms with Crippen LogP contribution in [0.25, 0.3) is 0 Å². The van der Waals surface area contributed by atoms with Crippen molar-refractivity contribution in [2.45, 2.75) is 0 Å². The van der Waals surface area contributed by atoms with E-state index in [-0.39, 0.29) is 0 Å². The molecule has 114 valence electrons. The maximum absolute atomic E-state index is 12.0. The lowest BCUT2D eigenvalue weighted by atomic mass is 10.2. The Morgan fingerprint density at radius 2 is 1.68 bits per heavy atom. The van der Waals surface area contributed by atoms with Crippen LogP contribution >= 0.6 is 38.5 Å². The molecule has 0 aliphatic rings. The molecule has 0 aliphatic carbocycles. The van der Waals surface area contributed by atoms with Crippen molar-refractivity contribution in [3.8, 4) is 5.75 Å². The summed E-state index contributed by atoms with van der Waals surface area (Å²) in [6.07, 6.45) is 0. The van der Waals surface area contributed by atoms with E-state index in [2.05, 4.69) is 49.4 Å². The molecule has 0 fully saturated rings. The van der Waals surface area contributed by atoms with Crippen LogP contribution in [0.2, 0.25) is 0 Å². The molecule has 0 bridgehead atoms. The normalized spacial score (nSPS) is 9.95. The van der Waals surface area contributed by atoms with E-state index in [9.17, 15) is 9.59 Å². The van der Waals surface area contributed by atoms with Gasteiger partial charge in [-0.1, -0.05) is 22.0 Å². The zero-order valence-corrected chi connectivity index (χ0v) is 15.3. The van der Waals surface area contributed by atoms with E-state index in [0.29, 0.717) is 16.9 Å². The molecule has 0 aromatic heterocycles. The molecule has 2 N–H and O–H groups in total. The van der Waals surface area contributed by atoms with E-state index < -0.39 is 11.8 Å². The second-order valence-electron chi connectivity index (χ2n) is 4.27. The van der Waals surface area contributed by atoms with Gasteiger partial charge >= 0.3 is 0 Å². The lowest BCUT2D eigenvalue weighted by Gasteiger charge is -2.09. The average molecular weight is 475 g/mol. The monoisotopic (exact) mass is 474 g/mol. The summed E-state index contributed by atoms with van der Waals surface area (Å²) in [4.78, 5) is 24.0. The minimum absolute atomic E-state index is 0.391. The third-order valence-electron chi connectivity index (χ3n) is 2.79. The van der Waals surface area contributed by atoms with E-state index >= 15 is 0 Å². The maximum atomic E-state index is 12.0. The van der Waals surface area contributed by atoms with E-state index in [4.69, 9.17) is 4.74 Å². The van der Waals surface area contributed by atoms with Crippen LogP contribution in [0.4, 0.5) is 0 Å². The van der Waals surface area contributed by atoms with Gasteiger partial charge in [0.25, 0.3) is 11.8 Å². The molecule has 2 aromatic rings. The number of hydrogen-bond donors (Lipinski definition) is 2. The third kappa shape index (κ3) is 4.20. The van der Waals surface area contributed by atoms with Gasteiger partial charge in [0.15, 0.2) is 0 Å². The number of carbonyl (C=O) groups excluding carboxylic acids is 2. The van der Waals surface area contributed by atoms with Crippen LogP contribution in [0.15, 0.2) is 46.9 Å². The number of amides is 2. The van der Waals surface area contributed by atoms with Crippen LogP contribution < -0.4 is 15.6 Å². The Morgan fingerprint density at radius 1 is 1.05 bits per heavy atom. The lowest BCUT2D eigenvalue weighted by molar-refractivity contribution is 0.0846. The number of carbonyl (C=O) groups is 2. The van der Waals surface area contributed by atoms with Gasteiger partial charge in [0.05, 0.1) is 10.7 Å². The Morgan fingerprint density at radius 3 is 2.23 bits per heavy atom. The SMILES string of the molecule is COc1ccc(C(=O)NNC(=O)c2cccc(Br)c2)cc1I. The zero-order chi connectivity index (χ0) is 16.1. The molecule has 2 rings (SSSR count). The predicted octanol–water partition coefficient (Wildman–Crippen LogP) is 3.14. The molecule has 0 saturated carbocycles. The van der Waals surface area contributed by atoms with Crippen molar-refractivity contribution in [1.82, 2.24) is 10.9 Å². The Labute approximate surface area is 149 Å². The predicted molar refractivity (Wildman–Crippen MR) is 94.8 cm³/mol. The molecule has 7 heteroatoms. The Kier molecular flexibility index (Phi) is 5.78. The first-order chi connectivity index (χ1) is 10.5. The molecule has 2 amide bonds. The number of hydrazine groups is 1. The van der Waals surface area contributed by atoms with Gasteiger partial charge in [-0.15, -0.1) is 0 Å². The molecule has 0 radical (unpaired) electrons. The van der Waals surface area contributed by atoms with Crippen molar-refractivity contribution >= 4 is 50.3 Å². The first kappa shape index (κ1) is 16.8. The number of methoxy groups -OCH3 is 1. The summed E-state index contributed by atoms with van der Waals surface area (Å²) in [6, 6.07) is 11.9. The van der Waals surface area contributed by atoms with Gasteiger partial charge in [-0.05, 0) is 59.0 Å². The number of halogens is 2. The number of nitrogens with one attached hydrogen (secondary N) is 2. The fourth-order valence-corrected chi connectivity index (χ4v) is 2.83. The van der Waals surface area contributed by atoms with Gasteiger partial charge in [-0.25, -0.2) is 0 Å². The Balaban J connectivity index is 2.00. The van der Waals surface area contributed by atoms with Gasteiger partial charge in [-0.3, -0.25) is 20.4 Å². The van der Waals surface area contributed by atoms with Crippen molar-refractivity contribution in [3.63, 3.8) is 0 Å². The van der Waals surface area contributed by atoms with Gasteiger partial charge in [0.2, 0.25) is 0 Å². The standard InChI is InChI=1S/C15H12BrIN2O3/c1-22-13-6-5-10(8-12(13)17)15(21)19-18-14(20)9-3-2-4-11(16)7-9/h2-8H,1H3,(H,18,20)(H,19,21). The second-order valence-corrected chi connectivity index (χ2v) is 6.35. The molecule has 0 atom stereocenters. The maximum Gasteiger partial charge on any atom is 0.269 e. The fourth-order valence-electron chi connectivity index (χ4n) is 1.70. The summed E-state index contributed by atoms with van der Waals surface area (Å²) in [5.41, 5.74) is 5.64. The van der Waals surface area contributed by atoms with Gasteiger partial charge < -0.3 is 4.74 Å². The van der Waals surface area contributed by atoms with Crippen LogP contribution in [-0.2, 0) is 0 Å². The number of benzene rings is 2. The smallest absolute Gasteiger partial charge is 0.269 e. The van der Waals surface area contributed by atoms with Crippen LogP contribution in [-0.4, -0.2) is 18.9 Å². The molecule has 0 aliphatic heterocycles. The largest absolute Gasteiger partial charge is 0.496 e. The Bertz CT molecular complexity index is 722. The molecule has 0 saturated heterocycles. The summed E-state index contributed by atoms with van der Waals surface area (Å²) in [7, 11) is 1.56. The van der Waals surface area contributed by atoms with Crippen LogP contribution in [0.5, 0.6) is 5.75 Å². The summed E-state index contributed by atoms with van der Waals surface area (Å²) in [6.45, 7) is 0. The highest BCUT2D eigenvalue weighted by Gasteiger charge is 2.11. The highest BCUT2D eigenvalue weighted by atomic mass is 127. The van der Waals surface area contributed by atoms with Crippen LogP contribution in [0.1, 0.15) is 20.7 Å². The second kappa shape index (κ2) is 7.59. The average Bonchev–Trinajstić information content (AvgIpc) is 2.52. The molecule has 22 heavy (non-hydrogen) atoms. The molecule has 0 spiro atoms. The van der Waals surface area contributed by atoms with Gasteiger partial charge in [0.1, 0.15) is 5.75 Å². The quantitative estimate of drug-likeness (QED) is 0.530. The highest BCUT2D eigenvalue weighted by Crippen LogP contribution is 2.21. The van der Waals surface area contributed by atoms with E-state index in [1.54, 1.807) is 43.5 Å². The van der Waals surface area contributed by atoms with Crippen LogP contribution in [0.3, 0.4) is 0 Å². The van der Waals surface area contributed by atoms with Crippen molar-refractivity contribution < 1.29 is 14.3 Å². The summed E-state index contributed by atoms with van der Waals surface area (Å²) in [5.74, 6) is -0.0999. The van der Waals surface area contributed by atoms with Crippen LogP contribution in [0, 0.1) is 3.57 Å². The van der Waals surface area contributed by atoms with E-state index in [1.165, 1.54) is 0 Å². The summed E-state index contributed by atoms with van der Waals surface area (Å²) in [5, 5.41) is 0. The minimum atomic E-state index is -0.399. The summed E-state index contributed by atoms with van der Waals surface area (Å²) < 4.78 is 6.73. The molecule has 0 heterocycles. The molecule has 5 nitrogen and oxygen atoms in total. The van der Waals surface area contributed by atoms with E-state index in [1.807, 2.05) is 6.07 Å². The Hall–Kier alpha value is -1.61. The van der Waals surface area contributed by atoms with Crippen molar-refractivity contribution in [2.24, 2.45) is 0 Å². The first-order valence-electron chi connectivity index (χ1n) is 6.21. The van der Waals surface area contributed by atoms with Gasteiger partial charge in [-0.2, -0.15) is 0 Å². The first-order valence-corrected chi connectivity index (χ1v) is 8.08. The van der Waals surface area contributed by atoms with Crippen molar-refractivity contribution in [3.05, 3.63) is 61.6 Å². The minimum Gasteiger partial charge on any atom is -0.496 e. The van der Waals surface area contributed by atoms with E-state index in [0.717, 1.165) is 8.04 Å². The number of hydrogen-bond acceptors (Lipinski definition) is 3. The highest BCUT2D eigenvalue weighted by molar-refractivity contribution is 14.1. The van der Waals surface area contributed by atoms with Gasteiger partial charge in [0, 0.05) is 15.6 Å². The molecular weight excluding hydrogens is 463 g/mol. The summed E-state index contributed by atoms with van der Waals surface area (Å²) >= 11 is 5.37. The number of ether oxygens (including phenoxy) is 1. The zero-order valence-electron chi connectivity index (χ0n) is 11.5. The molecular formula is C15H12BrIN2O3. The lowest BCUT2D eigenvalue weighted by Crippen LogP contribution is -2.41. The topological polar surface area (TPSA) is 67.4 Å². The third-order valence-corrected chi connectivity index (χ3v) is 4.13.